The van der Waals surface area contributed by atoms with Crippen molar-refractivity contribution >= 4 is 34.4 Å². The zero-order chi connectivity index (χ0) is 20.3. The quantitative estimate of drug-likeness (QED) is 0.347. The predicted octanol–water partition coefficient (Wildman–Crippen LogP) is 4.47. The third kappa shape index (κ3) is 4.51. The van der Waals surface area contributed by atoms with E-state index >= 15 is 0 Å². The maximum Gasteiger partial charge on any atom is 0.269 e. The van der Waals surface area contributed by atoms with Crippen LogP contribution in [0.4, 0.5) is 5.69 Å². The second-order valence-corrected chi connectivity index (χ2v) is 8.29. The third-order valence-electron chi connectivity index (χ3n) is 4.40. The molecule has 0 radical (unpaired) electrons. The van der Waals surface area contributed by atoms with Crippen LogP contribution in [0.5, 0.6) is 0 Å². The molecular formula is C20H22N4O3S. The van der Waals surface area contributed by atoms with Crippen molar-refractivity contribution in [3.05, 3.63) is 64.5 Å². The Hall–Kier alpha value is -2.87. The average Bonchev–Trinajstić information content (AvgIpc) is 3.09. The number of thioether (sulfide) groups is 1. The molecule has 0 bridgehead atoms. The molecule has 0 aliphatic heterocycles. The van der Waals surface area contributed by atoms with E-state index in [1.54, 1.807) is 12.1 Å². The standard InChI is InChI=1S/C20H22N4O3S/c1-12(2)18(19-21-16-6-4-5-7-17(16)22-19)23-20(25)13(3)28-15-10-8-14(9-11-15)24(26)27/h4-13,18H,1-3H3,(H,21,22)(H,23,25)/t13?,18-/m0/s1. The van der Waals surface area contributed by atoms with Crippen LogP contribution in [0, 0.1) is 16.0 Å². The molecule has 2 N–H and O–H groups in total. The highest BCUT2D eigenvalue weighted by Crippen LogP contribution is 2.27. The molecule has 0 saturated heterocycles. The molecule has 8 heteroatoms. The number of non-ortho nitro benzene ring substituents is 1. The zero-order valence-corrected chi connectivity index (χ0v) is 16.7. The van der Waals surface area contributed by atoms with Gasteiger partial charge in [-0.05, 0) is 37.1 Å². The van der Waals surface area contributed by atoms with E-state index in [9.17, 15) is 14.9 Å². The maximum absolute atomic E-state index is 12.7. The van der Waals surface area contributed by atoms with Gasteiger partial charge in [0, 0.05) is 17.0 Å². The van der Waals surface area contributed by atoms with Gasteiger partial charge < -0.3 is 10.3 Å². The first-order valence-electron chi connectivity index (χ1n) is 9.01. The number of imidazole rings is 1. The van der Waals surface area contributed by atoms with Crippen LogP contribution in [0.2, 0.25) is 0 Å². The van der Waals surface area contributed by atoms with Gasteiger partial charge in [-0.2, -0.15) is 0 Å². The number of carbonyl (C=O) groups excluding carboxylic acids is 1. The van der Waals surface area contributed by atoms with Gasteiger partial charge in [0.25, 0.3) is 5.69 Å². The summed E-state index contributed by atoms with van der Waals surface area (Å²) in [7, 11) is 0. The predicted molar refractivity (Wildman–Crippen MR) is 110 cm³/mol. The van der Waals surface area contributed by atoms with E-state index in [1.165, 1.54) is 23.9 Å². The van der Waals surface area contributed by atoms with E-state index in [2.05, 4.69) is 15.3 Å². The lowest BCUT2D eigenvalue weighted by Crippen LogP contribution is -2.37. The number of nitrogens with one attached hydrogen (secondary N) is 2. The lowest BCUT2D eigenvalue weighted by Gasteiger charge is -2.22. The number of fused-ring (bicyclic) bond motifs is 1. The molecule has 0 spiro atoms. The minimum atomic E-state index is -0.439. The van der Waals surface area contributed by atoms with Gasteiger partial charge in [-0.3, -0.25) is 14.9 Å². The molecule has 146 valence electrons. The Kier molecular flexibility index (Phi) is 5.99. The van der Waals surface area contributed by atoms with Gasteiger partial charge in [-0.15, -0.1) is 11.8 Å². The Bertz CT molecular complexity index is 952. The van der Waals surface area contributed by atoms with Crippen molar-refractivity contribution in [1.29, 1.82) is 0 Å². The molecule has 1 amide bonds. The summed E-state index contributed by atoms with van der Waals surface area (Å²) in [5.74, 6) is 0.778. The normalized spacial score (nSPS) is 13.4. The number of para-hydroxylation sites is 2. The molecule has 2 aromatic carbocycles. The molecule has 1 unspecified atom stereocenters. The molecular weight excluding hydrogens is 376 g/mol. The van der Waals surface area contributed by atoms with Gasteiger partial charge in [0.05, 0.1) is 27.2 Å². The van der Waals surface area contributed by atoms with Crippen LogP contribution in [0.1, 0.15) is 32.6 Å². The number of nitrogens with zero attached hydrogens (tertiary/aromatic N) is 2. The minimum absolute atomic E-state index is 0.0335. The van der Waals surface area contributed by atoms with Gasteiger partial charge in [0.2, 0.25) is 5.91 Å². The minimum Gasteiger partial charge on any atom is -0.345 e. The Morgan fingerprint density at radius 1 is 1.14 bits per heavy atom. The first-order valence-corrected chi connectivity index (χ1v) is 9.89. The van der Waals surface area contributed by atoms with Crippen molar-refractivity contribution in [2.45, 2.75) is 37.0 Å². The average molecular weight is 398 g/mol. The fourth-order valence-corrected chi connectivity index (χ4v) is 3.72. The van der Waals surface area contributed by atoms with Crippen molar-refractivity contribution in [3.63, 3.8) is 0 Å². The molecule has 3 aromatic rings. The van der Waals surface area contributed by atoms with E-state index in [0.717, 1.165) is 21.8 Å². The first-order chi connectivity index (χ1) is 13.3. The Morgan fingerprint density at radius 2 is 1.82 bits per heavy atom. The lowest BCUT2D eigenvalue weighted by molar-refractivity contribution is -0.384. The second kappa shape index (κ2) is 8.43. The monoisotopic (exact) mass is 398 g/mol. The number of benzene rings is 2. The summed E-state index contributed by atoms with van der Waals surface area (Å²) < 4.78 is 0. The molecule has 0 aliphatic rings. The van der Waals surface area contributed by atoms with Gasteiger partial charge in [-0.25, -0.2) is 4.98 Å². The fourth-order valence-electron chi connectivity index (χ4n) is 2.85. The first kappa shape index (κ1) is 19.9. The van der Waals surface area contributed by atoms with E-state index in [4.69, 9.17) is 0 Å². The van der Waals surface area contributed by atoms with Crippen molar-refractivity contribution < 1.29 is 9.72 Å². The third-order valence-corrected chi connectivity index (χ3v) is 5.51. The van der Waals surface area contributed by atoms with E-state index in [1.807, 2.05) is 45.0 Å². The summed E-state index contributed by atoms with van der Waals surface area (Å²) in [6, 6.07) is 13.7. The number of amides is 1. The van der Waals surface area contributed by atoms with Crippen molar-refractivity contribution in [2.24, 2.45) is 5.92 Å². The second-order valence-electron chi connectivity index (χ2n) is 6.88. The topological polar surface area (TPSA) is 101 Å². The molecule has 1 aromatic heterocycles. The van der Waals surface area contributed by atoms with Gasteiger partial charge in [-0.1, -0.05) is 26.0 Å². The number of hydrogen-bond donors (Lipinski definition) is 2. The highest BCUT2D eigenvalue weighted by molar-refractivity contribution is 8.00. The summed E-state index contributed by atoms with van der Waals surface area (Å²) >= 11 is 1.36. The molecule has 28 heavy (non-hydrogen) atoms. The number of rotatable bonds is 7. The summed E-state index contributed by atoms with van der Waals surface area (Å²) in [5.41, 5.74) is 1.84. The van der Waals surface area contributed by atoms with Crippen LogP contribution in [-0.4, -0.2) is 26.0 Å². The fraction of sp³-hybridized carbons (Fsp3) is 0.300. The van der Waals surface area contributed by atoms with E-state index in [-0.39, 0.29) is 28.8 Å². The van der Waals surface area contributed by atoms with Crippen molar-refractivity contribution in [2.75, 3.05) is 0 Å². The molecule has 3 rings (SSSR count). The molecule has 0 aliphatic carbocycles. The molecule has 7 nitrogen and oxygen atoms in total. The summed E-state index contributed by atoms with van der Waals surface area (Å²) in [6.07, 6.45) is 0. The molecule has 1 heterocycles. The number of carbonyl (C=O) groups is 1. The lowest BCUT2D eigenvalue weighted by atomic mass is 10.0. The van der Waals surface area contributed by atoms with Crippen molar-refractivity contribution in [1.82, 2.24) is 15.3 Å². The summed E-state index contributed by atoms with van der Waals surface area (Å²) in [5, 5.41) is 13.5. The van der Waals surface area contributed by atoms with Gasteiger partial charge in [0.1, 0.15) is 5.82 Å². The van der Waals surface area contributed by atoms with E-state index < -0.39 is 4.92 Å². The molecule has 0 fully saturated rings. The van der Waals surface area contributed by atoms with Crippen LogP contribution in [-0.2, 0) is 4.79 Å². The van der Waals surface area contributed by atoms with Crippen LogP contribution in [0.25, 0.3) is 11.0 Å². The Balaban J connectivity index is 1.70. The highest BCUT2D eigenvalue weighted by Gasteiger charge is 2.24. The van der Waals surface area contributed by atoms with Crippen molar-refractivity contribution in [3.8, 4) is 0 Å². The zero-order valence-electron chi connectivity index (χ0n) is 15.9. The van der Waals surface area contributed by atoms with Gasteiger partial charge in [0.15, 0.2) is 0 Å². The summed E-state index contributed by atoms with van der Waals surface area (Å²) in [4.78, 5) is 31.8. The van der Waals surface area contributed by atoms with E-state index in [0.29, 0.717) is 0 Å². The van der Waals surface area contributed by atoms with Crippen LogP contribution in [0.15, 0.2) is 53.4 Å². The summed E-state index contributed by atoms with van der Waals surface area (Å²) in [6.45, 7) is 5.88. The molecule has 0 saturated carbocycles. The smallest absolute Gasteiger partial charge is 0.269 e. The number of H-pyrrole nitrogens is 1. The van der Waals surface area contributed by atoms with Crippen LogP contribution < -0.4 is 5.32 Å². The largest absolute Gasteiger partial charge is 0.345 e. The number of aromatic nitrogens is 2. The number of nitro groups is 1. The Morgan fingerprint density at radius 3 is 2.43 bits per heavy atom. The maximum atomic E-state index is 12.7. The highest BCUT2D eigenvalue weighted by atomic mass is 32.2. The number of aromatic amines is 1. The van der Waals surface area contributed by atoms with Crippen LogP contribution in [0.3, 0.4) is 0 Å². The van der Waals surface area contributed by atoms with Crippen LogP contribution >= 0.6 is 11.8 Å². The SMILES string of the molecule is CC(Sc1ccc([N+](=O)[O-])cc1)C(=O)N[C@H](c1nc2ccccc2[nH]1)C(C)C. The Labute approximate surface area is 167 Å². The number of hydrogen-bond acceptors (Lipinski definition) is 5. The van der Waals surface area contributed by atoms with Gasteiger partial charge >= 0.3 is 0 Å². The molecule has 2 atom stereocenters. The number of nitro benzene ring substituents is 1.